The van der Waals surface area contributed by atoms with Gasteiger partial charge in [-0.1, -0.05) is 13.8 Å². The van der Waals surface area contributed by atoms with E-state index in [0.717, 1.165) is 43.2 Å². The number of ether oxygens (including phenoxy) is 1. The number of aromatic amines is 1. The zero-order chi connectivity index (χ0) is 15.9. The van der Waals surface area contributed by atoms with Crippen LogP contribution in [0.5, 0.6) is 0 Å². The fourth-order valence-corrected chi connectivity index (χ4v) is 2.43. The maximum Gasteiger partial charge on any atom is 0.176 e. The molecule has 1 N–H and O–H groups in total. The van der Waals surface area contributed by atoms with Gasteiger partial charge >= 0.3 is 0 Å². The van der Waals surface area contributed by atoms with E-state index in [1.807, 2.05) is 38.2 Å². The van der Waals surface area contributed by atoms with Crippen molar-refractivity contribution < 1.29 is 9.53 Å². The lowest BCUT2D eigenvalue weighted by Gasteiger charge is -2.27. The maximum atomic E-state index is 11.5. The van der Waals surface area contributed by atoms with Crippen molar-refractivity contribution in [2.24, 2.45) is 0 Å². The molecule has 0 amide bonds. The molecule has 1 aliphatic heterocycles. The molecule has 5 nitrogen and oxygen atoms in total. The third kappa shape index (κ3) is 3.54. The Kier molecular flexibility index (Phi) is 5.72. The van der Waals surface area contributed by atoms with E-state index in [4.69, 9.17) is 4.74 Å². The first-order valence-corrected chi connectivity index (χ1v) is 7.73. The highest BCUT2D eigenvalue weighted by atomic mass is 16.5. The first-order valence-electron chi connectivity index (χ1n) is 7.73. The van der Waals surface area contributed by atoms with Crippen LogP contribution in [0.3, 0.4) is 0 Å². The quantitative estimate of drug-likeness (QED) is 0.885. The Labute approximate surface area is 131 Å². The molecule has 0 radical (unpaired) electrons. The number of hydrogen-bond acceptors (Lipinski definition) is 4. The number of H-pyrrole nitrogens is 1. The van der Waals surface area contributed by atoms with E-state index in [1.54, 1.807) is 13.1 Å². The molecule has 1 aliphatic rings. The number of nitrogens with zero attached hydrogens (tertiary/aromatic N) is 2. The second kappa shape index (κ2) is 7.75. The summed E-state index contributed by atoms with van der Waals surface area (Å²) in [7, 11) is 0. The van der Waals surface area contributed by atoms with Gasteiger partial charge in [0, 0.05) is 43.5 Å². The number of rotatable bonds is 3. The summed E-state index contributed by atoms with van der Waals surface area (Å²) in [4.78, 5) is 21.2. The molecule has 3 heterocycles. The Balaban J connectivity index is 0.000000847. The molecule has 0 spiro atoms. The summed E-state index contributed by atoms with van der Waals surface area (Å²) < 4.78 is 5.33. The molecule has 0 saturated carbocycles. The summed E-state index contributed by atoms with van der Waals surface area (Å²) in [6.07, 6.45) is 3.60. The Morgan fingerprint density at radius 3 is 2.55 bits per heavy atom. The van der Waals surface area contributed by atoms with Crippen molar-refractivity contribution in [3.63, 3.8) is 0 Å². The molecule has 0 bridgehead atoms. The summed E-state index contributed by atoms with van der Waals surface area (Å²) in [5, 5.41) is 0. The summed E-state index contributed by atoms with van der Waals surface area (Å²) >= 11 is 0. The monoisotopic (exact) mass is 301 g/mol. The topological polar surface area (TPSA) is 58.2 Å². The number of anilines is 1. The maximum absolute atomic E-state index is 11.5. The average molecular weight is 301 g/mol. The zero-order valence-electron chi connectivity index (χ0n) is 13.4. The SMILES string of the molecule is CC.CC(=O)c1[nH]ccc1-c1ccc(N2CCOCC2)nc1. The van der Waals surface area contributed by atoms with Gasteiger partial charge in [0.2, 0.25) is 0 Å². The minimum atomic E-state index is 0.0299. The second-order valence-corrected chi connectivity index (χ2v) is 4.83. The fraction of sp³-hybridized carbons (Fsp3) is 0.412. The van der Waals surface area contributed by atoms with Gasteiger partial charge in [-0.05, 0) is 18.2 Å². The van der Waals surface area contributed by atoms with E-state index >= 15 is 0 Å². The van der Waals surface area contributed by atoms with Gasteiger partial charge in [0.15, 0.2) is 5.78 Å². The van der Waals surface area contributed by atoms with E-state index in [-0.39, 0.29) is 5.78 Å². The Hall–Kier alpha value is -2.14. The van der Waals surface area contributed by atoms with E-state index in [2.05, 4.69) is 14.9 Å². The number of hydrogen-bond donors (Lipinski definition) is 1. The third-order valence-electron chi connectivity index (χ3n) is 3.49. The van der Waals surface area contributed by atoms with Crippen molar-refractivity contribution in [3.05, 3.63) is 36.3 Å². The van der Waals surface area contributed by atoms with Crippen molar-refractivity contribution in [1.82, 2.24) is 9.97 Å². The molecule has 0 aliphatic carbocycles. The van der Waals surface area contributed by atoms with Crippen LogP contribution in [0.15, 0.2) is 30.6 Å². The molecule has 0 aromatic carbocycles. The minimum Gasteiger partial charge on any atom is -0.378 e. The van der Waals surface area contributed by atoms with E-state index in [1.165, 1.54) is 0 Å². The number of ketones is 1. The van der Waals surface area contributed by atoms with Gasteiger partial charge in [-0.3, -0.25) is 4.79 Å². The summed E-state index contributed by atoms with van der Waals surface area (Å²) in [5.74, 6) is 0.985. The van der Waals surface area contributed by atoms with Crippen molar-refractivity contribution in [1.29, 1.82) is 0 Å². The van der Waals surface area contributed by atoms with E-state index in [9.17, 15) is 4.79 Å². The molecule has 0 atom stereocenters. The molecule has 0 unspecified atom stereocenters. The Morgan fingerprint density at radius 1 is 1.23 bits per heavy atom. The highest BCUT2D eigenvalue weighted by Gasteiger charge is 2.14. The molecular weight excluding hydrogens is 278 g/mol. The summed E-state index contributed by atoms with van der Waals surface area (Å²) in [5.41, 5.74) is 2.48. The number of pyridine rings is 1. The molecular formula is C17H23N3O2. The highest BCUT2D eigenvalue weighted by molar-refractivity contribution is 5.99. The Morgan fingerprint density at radius 2 is 1.95 bits per heavy atom. The average Bonchev–Trinajstić information content (AvgIpc) is 3.08. The molecule has 1 saturated heterocycles. The van der Waals surface area contributed by atoms with Crippen LogP contribution in [0.4, 0.5) is 5.82 Å². The predicted octanol–water partition coefficient (Wildman–Crippen LogP) is 3.14. The van der Waals surface area contributed by atoms with Crippen LogP contribution in [0.1, 0.15) is 31.3 Å². The summed E-state index contributed by atoms with van der Waals surface area (Å²) in [6, 6.07) is 5.91. The van der Waals surface area contributed by atoms with E-state index < -0.39 is 0 Å². The van der Waals surface area contributed by atoms with Crippen molar-refractivity contribution in [2.75, 3.05) is 31.2 Å². The molecule has 22 heavy (non-hydrogen) atoms. The van der Waals surface area contributed by atoms with Crippen molar-refractivity contribution in [2.45, 2.75) is 20.8 Å². The zero-order valence-corrected chi connectivity index (χ0v) is 13.4. The lowest BCUT2D eigenvalue weighted by molar-refractivity contribution is 0.101. The summed E-state index contributed by atoms with van der Waals surface area (Å²) in [6.45, 7) is 8.79. The van der Waals surface area contributed by atoms with Gasteiger partial charge in [-0.2, -0.15) is 0 Å². The number of morpholine rings is 1. The molecule has 2 aromatic heterocycles. The van der Waals surface area contributed by atoms with Gasteiger partial charge in [-0.15, -0.1) is 0 Å². The van der Waals surface area contributed by atoms with Gasteiger partial charge in [-0.25, -0.2) is 4.98 Å². The molecule has 5 heteroatoms. The molecule has 3 rings (SSSR count). The Bertz CT molecular complexity index is 599. The standard InChI is InChI=1S/C15H17N3O2.C2H6/c1-11(19)15-13(4-5-16-15)12-2-3-14(17-10-12)18-6-8-20-9-7-18;1-2/h2-5,10,16H,6-9H2,1H3;1-2H3. The second-order valence-electron chi connectivity index (χ2n) is 4.83. The van der Waals surface area contributed by atoms with Crippen molar-refractivity contribution in [3.8, 4) is 11.1 Å². The van der Waals surface area contributed by atoms with Gasteiger partial charge in [0.05, 0.1) is 18.9 Å². The molecule has 118 valence electrons. The number of Topliss-reactive ketones (excluding diaryl/α,β-unsaturated/α-hetero) is 1. The first kappa shape index (κ1) is 16.2. The van der Waals surface area contributed by atoms with Gasteiger partial charge in [0.25, 0.3) is 0 Å². The third-order valence-corrected chi connectivity index (χ3v) is 3.49. The van der Waals surface area contributed by atoms with Crippen LogP contribution in [-0.4, -0.2) is 42.1 Å². The minimum absolute atomic E-state index is 0.0299. The van der Waals surface area contributed by atoms with Crippen LogP contribution < -0.4 is 4.90 Å². The number of carbonyl (C=O) groups is 1. The van der Waals surface area contributed by atoms with Crippen LogP contribution in [0.25, 0.3) is 11.1 Å². The normalized spacial score (nSPS) is 14.2. The lowest BCUT2D eigenvalue weighted by atomic mass is 10.1. The molecule has 2 aromatic rings. The fourth-order valence-electron chi connectivity index (χ4n) is 2.43. The number of carbonyl (C=O) groups excluding carboxylic acids is 1. The van der Waals surface area contributed by atoms with Gasteiger partial charge in [0.1, 0.15) is 5.82 Å². The smallest absolute Gasteiger partial charge is 0.176 e. The van der Waals surface area contributed by atoms with Crippen LogP contribution in [0.2, 0.25) is 0 Å². The van der Waals surface area contributed by atoms with E-state index in [0.29, 0.717) is 5.69 Å². The van der Waals surface area contributed by atoms with Crippen LogP contribution in [-0.2, 0) is 4.74 Å². The van der Waals surface area contributed by atoms with Crippen LogP contribution in [0, 0.1) is 0 Å². The number of aromatic nitrogens is 2. The van der Waals surface area contributed by atoms with Crippen LogP contribution >= 0.6 is 0 Å². The van der Waals surface area contributed by atoms with Gasteiger partial charge < -0.3 is 14.6 Å². The lowest BCUT2D eigenvalue weighted by Crippen LogP contribution is -2.36. The van der Waals surface area contributed by atoms with Crippen molar-refractivity contribution >= 4 is 11.6 Å². The first-order chi connectivity index (χ1) is 10.8. The largest absolute Gasteiger partial charge is 0.378 e. The number of nitrogens with one attached hydrogen (secondary N) is 1. The molecule has 1 fully saturated rings. The highest BCUT2D eigenvalue weighted by Crippen LogP contribution is 2.24. The predicted molar refractivity (Wildman–Crippen MR) is 88.4 cm³/mol.